The summed E-state index contributed by atoms with van der Waals surface area (Å²) >= 11 is 13.6. The zero-order valence-corrected chi connectivity index (χ0v) is 12.7. The van der Waals surface area contributed by atoms with E-state index in [9.17, 15) is 9.59 Å². The maximum Gasteiger partial charge on any atom is 0.141 e. The molecule has 0 saturated heterocycles. The van der Waals surface area contributed by atoms with Gasteiger partial charge in [0.1, 0.15) is 22.3 Å². The minimum absolute atomic E-state index is 0.0536. The lowest BCUT2D eigenvalue weighted by Gasteiger charge is -2.57. The Labute approximate surface area is 129 Å². The quantitative estimate of drug-likeness (QED) is 0.444. The molecule has 6 atom stereocenters. The molecule has 0 spiro atoms. The van der Waals surface area contributed by atoms with Crippen molar-refractivity contribution >= 4 is 35.8 Å². The molecule has 0 N–H and O–H groups in total. The third-order valence-electron chi connectivity index (χ3n) is 5.50. The summed E-state index contributed by atoms with van der Waals surface area (Å²) in [6.07, 6.45) is 12.9. The highest BCUT2D eigenvalue weighted by molar-refractivity contribution is 6.35. The van der Waals surface area contributed by atoms with Gasteiger partial charge in [-0.05, 0) is 49.4 Å². The van der Waals surface area contributed by atoms with Gasteiger partial charge in [-0.25, -0.2) is 0 Å². The van der Waals surface area contributed by atoms with E-state index < -0.39 is 9.75 Å². The second kappa shape index (κ2) is 4.99. The highest BCUT2D eigenvalue weighted by atomic mass is 35.5. The molecule has 0 radical (unpaired) electrons. The van der Waals surface area contributed by atoms with Crippen molar-refractivity contribution in [1.29, 1.82) is 0 Å². The number of hydrogen-bond acceptors (Lipinski definition) is 2. The van der Waals surface area contributed by atoms with Crippen LogP contribution in [-0.4, -0.2) is 22.3 Å². The van der Waals surface area contributed by atoms with Crippen LogP contribution in [0.2, 0.25) is 0 Å². The topological polar surface area (TPSA) is 34.1 Å². The Hall–Kier alpha value is -0.600. The van der Waals surface area contributed by atoms with Crippen LogP contribution in [0.1, 0.15) is 25.7 Å². The van der Waals surface area contributed by atoms with Gasteiger partial charge in [-0.3, -0.25) is 0 Å². The van der Waals surface area contributed by atoms with Gasteiger partial charge in [0.25, 0.3) is 0 Å². The van der Waals surface area contributed by atoms with E-state index in [1.807, 2.05) is 0 Å². The minimum Gasteiger partial charge on any atom is -0.301 e. The molecular weight excluding hydrogens is 295 g/mol. The van der Waals surface area contributed by atoms with E-state index in [2.05, 4.69) is 24.3 Å². The lowest BCUT2D eigenvalue weighted by molar-refractivity contribution is -0.125. The molecule has 0 heterocycles. The lowest BCUT2D eigenvalue weighted by Crippen LogP contribution is -2.63. The molecule has 0 aromatic heterocycles. The maximum atomic E-state index is 11.8. The van der Waals surface area contributed by atoms with Crippen molar-refractivity contribution in [3.05, 3.63) is 24.3 Å². The van der Waals surface area contributed by atoms with Gasteiger partial charge in [-0.2, -0.15) is 0 Å². The van der Waals surface area contributed by atoms with Crippen molar-refractivity contribution in [3.8, 4) is 0 Å². The number of fused-ring (bicyclic) bond motifs is 2. The maximum absolute atomic E-state index is 11.8. The average molecular weight is 313 g/mol. The summed E-state index contributed by atoms with van der Waals surface area (Å²) in [5.74, 6) is -0.214. The molecular formula is C16H18Cl2O2. The van der Waals surface area contributed by atoms with E-state index in [1.165, 1.54) is 0 Å². The van der Waals surface area contributed by atoms with Gasteiger partial charge < -0.3 is 9.59 Å². The number of halogens is 2. The number of allylic oxidation sites excluding steroid dienone is 4. The summed E-state index contributed by atoms with van der Waals surface area (Å²) in [4.78, 5) is 21.8. The average Bonchev–Trinajstić information content (AvgIpc) is 2.52. The molecule has 3 aliphatic carbocycles. The van der Waals surface area contributed by atoms with Gasteiger partial charge in [0.2, 0.25) is 0 Å². The first kappa shape index (κ1) is 14.3. The summed E-state index contributed by atoms with van der Waals surface area (Å²) in [6.45, 7) is 0. The molecule has 2 unspecified atom stereocenters. The molecule has 20 heavy (non-hydrogen) atoms. The third-order valence-corrected chi connectivity index (χ3v) is 6.80. The second-order valence-electron chi connectivity index (χ2n) is 6.20. The predicted octanol–water partition coefficient (Wildman–Crippen LogP) is 3.52. The van der Waals surface area contributed by atoms with Crippen LogP contribution in [0.3, 0.4) is 0 Å². The third kappa shape index (κ3) is 1.77. The normalized spacial score (nSPS) is 50.1. The van der Waals surface area contributed by atoms with Crippen molar-refractivity contribution in [3.63, 3.8) is 0 Å². The molecule has 4 heteroatoms. The summed E-state index contributed by atoms with van der Waals surface area (Å²) in [7, 11) is 0. The predicted molar refractivity (Wildman–Crippen MR) is 80.0 cm³/mol. The van der Waals surface area contributed by atoms with Gasteiger partial charge in [0.15, 0.2) is 0 Å². The monoisotopic (exact) mass is 312 g/mol. The number of aldehydes is 2. The number of carbonyl (C=O) groups excluding carboxylic acids is 2. The van der Waals surface area contributed by atoms with E-state index in [1.54, 1.807) is 0 Å². The van der Waals surface area contributed by atoms with Crippen molar-refractivity contribution < 1.29 is 9.59 Å². The summed E-state index contributed by atoms with van der Waals surface area (Å²) in [5, 5.41) is 0. The Morgan fingerprint density at radius 1 is 0.700 bits per heavy atom. The Morgan fingerprint density at radius 3 is 1.15 bits per heavy atom. The van der Waals surface area contributed by atoms with Crippen LogP contribution in [-0.2, 0) is 9.59 Å². The summed E-state index contributed by atoms with van der Waals surface area (Å²) in [5.41, 5.74) is 0. The van der Waals surface area contributed by atoms with Crippen LogP contribution in [0, 0.1) is 23.7 Å². The molecule has 1 fully saturated rings. The first-order chi connectivity index (χ1) is 9.58. The van der Waals surface area contributed by atoms with Crippen LogP contribution < -0.4 is 0 Å². The van der Waals surface area contributed by atoms with Crippen molar-refractivity contribution in [1.82, 2.24) is 0 Å². The van der Waals surface area contributed by atoms with Crippen LogP contribution in [0.4, 0.5) is 0 Å². The van der Waals surface area contributed by atoms with Gasteiger partial charge in [0.05, 0.1) is 0 Å². The van der Waals surface area contributed by atoms with Crippen LogP contribution in [0.5, 0.6) is 0 Å². The Morgan fingerprint density at radius 2 is 0.950 bits per heavy atom. The van der Waals surface area contributed by atoms with E-state index >= 15 is 0 Å². The van der Waals surface area contributed by atoms with Gasteiger partial charge in [-0.1, -0.05) is 24.3 Å². The minimum atomic E-state index is -0.897. The fourth-order valence-electron chi connectivity index (χ4n) is 4.48. The van der Waals surface area contributed by atoms with Crippen LogP contribution >= 0.6 is 23.2 Å². The molecule has 3 aliphatic rings. The second-order valence-corrected chi connectivity index (χ2v) is 7.51. The smallest absolute Gasteiger partial charge is 0.141 e. The highest BCUT2D eigenvalue weighted by Gasteiger charge is 2.63. The van der Waals surface area contributed by atoms with Gasteiger partial charge >= 0.3 is 0 Å². The van der Waals surface area contributed by atoms with E-state index in [-0.39, 0.29) is 23.7 Å². The summed E-state index contributed by atoms with van der Waals surface area (Å²) in [6, 6.07) is 0. The SMILES string of the molecule is O=CC1(Cl)[C@@H]2CC=CC[C@H]2C(Cl)(C=O)[C@H]2CC=CC[C@@H]21. The molecule has 1 saturated carbocycles. The Kier molecular flexibility index (Phi) is 3.58. The van der Waals surface area contributed by atoms with E-state index in [4.69, 9.17) is 23.2 Å². The molecule has 0 aromatic carbocycles. The summed E-state index contributed by atoms with van der Waals surface area (Å²) < 4.78 is 0. The molecule has 0 aromatic rings. The van der Waals surface area contributed by atoms with Crippen molar-refractivity contribution in [2.24, 2.45) is 23.7 Å². The van der Waals surface area contributed by atoms with Crippen LogP contribution in [0.15, 0.2) is 24.3 Å². The van der Waals surface area contributed by atoms with Gasteiger partial charge in [0, 0.05) is 0 Å². The van der Waals surface area contributed by atoms with Gasteiger partial charge in [-0.15, -0.1) is 23.2 Å². The molecule has 108 valence electrons. The van der Waals surface area contributed by atoms with E-state index in [0.29, 0.717) is 0 Å². The Balaban J connectivity index is 2.13. The van der Waals surface area contributed by atoms with Crippen molar-refractivity contribution in [2.75, 3.05) is 0 Å². The van der Waals surface area contributed by atoms with Crippen molar-refractivity contribution in [2.45, 2.75) is 35.4 Å². The fraction of sp³-hybridized carbons (Fsp3) is 0.625. The molecule has 0 aliphatic heterocycles. The first-order valence-corrected chi connectivity index (χ1v) is 7.94. The number of alkyl halides is 2. The molecule has 3 rings (SSSR count). The van der Waals surface area contributed by atoms with E-state index in [0.717, 1.165) is 38.3 Å². The standard InChI is InChI=1S/C16H18Cl2O2/c17-15(9-19)11-5-1-2-6-12(11)16(18,10-20)14-8-4-3-7-13(14)15/h1-4,9-14H,5-8H2/t11-,12-,13+,14+,15?,16?. The first-order valence-electron chi connectivity index (χ1n) is 7.18. The zero-order valence-electron chi connectivity index (χ0n) is 11.2. The van der Waals surface area contributed by atoms with Crippen LogP contribution in [0.25, 0.3) is 0 Å². The molecule has 0 bridgehead atoms. The molecule has 2 nitrogen and oxygen atoms in total. The fourth-order valence-corrected chi connectivity index (χ4v) is 5.45. The Bertz CT molecular complexity index is 411. The number of rotatable bonds is 2. The lowest BCUT2D eigenvalue weighted by atomic mass is 9.52. The zero-order chi connectivity index (χ0) is 14.4. The number of hydrogen-bond donors (Lipinski definition) is 0. The molecule has 0 amide bonds. The largest absolute Gasteiger partial charge is 0.301 e. The number of carbonyl (C=O) groups is 2. The highest BCUT2D eigenvalue weighted by Crippen LogP contribution is 2.60.